The number of carbonyl (C=O) groups excluding carboxylic acids is 1. The molecule has 6 nitrogen and oxygen atoms in total. The van der Waals surface area contributed by atoms with Crippen LogP contribution in [0.2, 0.25) is 0 Å². The van der Waals surface area contributed by atoms with Crippen LogP contribution in [-0.4, -0.2) is 51.6 Å². The molecule has 1 amide bonds. The number of hydrogen-bond donors (Lipinski definition) is 1. The summed E-state index contributed by atoms with van der Waals surface area (Å²) in [6, 6.07) is 3.70. The van der Waals surface area contributed by atoms with Crippen molar-refractivity contribution in [3.05, 3.63) is 30.2 Å². The van der Waals surface area contributed by atoms with Gasteiger partial charge in [0.2, 0.25) is 0 Å². The number of nitrogens with one attached hydrogen (secondary N) is 1. The van der Waals surface area contributed by atoms with Crippen molar-refractivity contribution in [3.63, 3.8) is 0 Å². The number of piperidine rings is 2. The number of fused-ring (bicyclic) bond motifs is 1. The number of nitrogens with zero attached hydrogens (tertiary/aromatic N) is 4. The molecule has 2 saturated heterocycles. The quantitative estimate of drug-likeness (QED) is 0.861. The third-order valence-corrected chi connectivity index (χ3v) is 5.37. The molecular weight excluding hydrogens is 361 g/mol. The van der Waals surface area contributed by atoms with E-state index in [0.717, 1.165) is 56.5 Å². The molecule has 2 fully saturated rings. The van der Waals surface area contributed by atoms with Crippen LogP contribution in [0.15, 0.2) is 24.5 Å². The first-order chi connectivity index (χ1) is 11.3. The van der Waals surface area contributed by atoms with Crippen LogP contribution in [0.5, 0.6) is 0 Å². The van der Waals surface area contributed by atoms with Gasteiger partial charge in [-0.2, -0.15) is 5.10 Å². The number of likely N-dealkylation sites (tertiary alicyclic amines) is 1. The van der Waals surface area contributed by atoms with E-state index < -0.39 is 0 Å². The Hall–Kier alpha value is -1.37. The molecule has 4 rings (SSSR count). The first-order valence-electron chi connectivity index (χ1n) is 8.61. The van der Waals surface area contributed by atoms with Crippen molar-refractivity contribution >= 4 is 36.4 Å². The van der Waals surface area contributed by atoms with Crippen molar-refractivity contribution in [2.45, 2.75) is 25.7 Å². The minimum Gasteiger partial charge on any atom is -0.337 e. The van der Waals surface area contributed by atoms with Crippen LogP contribution in [0.4, 0.5) is 0 Å². The summed E-state index contributed by atoms with van der Waals surface area (Å²) < 4.78 is 1.64. The first kappa shape index (κ1) is 19.9. The topological polar surface area (TPSA) is 62.5 Å². The second-order valence-corrected chi connectivity index (χ2v) is 6.65. The van der Waals surface area contributed by atoms with Crippen LogP contribution in [-0.2, 0) is 0 Å². The summed E-state index contributed by atoms with van der Waals surface area (Å²) in [5.74, 6) is 1.67. The van der Waals surface area contributed by atoms with Crippen molar-refractivity contribution in [2.75, 3.05) is 26.2 Å². The Bertz CT molecular complexity index is 693. The van der Waals surface area contributed by atoms with Gasteiger partial charge in [-0.3, -0.25) is 4.79 Å². The van der Waals surface area contributed by atoms with Gasteiger partial charge < -0.3 is 10.2 Å². The summed E-state index contributed by atoms with van der Waals surface area (Å²) in [6.45, 7) is 4.01. The van der Waals surface area contributed by atoms with E-state index in [2.05, 4.69) is 15.4 Å². The molecule has 0 saturated carbocycles. The molecule has 2 aromatic heterocycles. The number of rotatable bonds is 2. The molecule has 25 heavy (non-hydrogen) atoms. The van der Waals surface area contributed by atoms with E-state index >= 15 is 0 Å². The Kier molecular flexibility index (Phi) is 7.04. The van der Waals surface area contributed by atoms with Crippen molar-refractivity contribution in [3.8, 4) is 0 Å². The van der Waals surface area contributed by atoms with Gasteiger partial charge in [0.05, 0.1) is 6.20 Å². The van der Waals surface area contributed by atoms with Crippen molar-refractivity contribution in [1.29, 1.82) is 0 Å². The highest BCUT2D eigenvalue weighted by atomic mass is 35.5. The van der Waals surface area contributed by atoms with Gasteiger partial charge in [-0.15, -0.1) is 24.8 Å². The lowest BCUT2D eigenvalue weighted by Crippen LogP contribution is -2.42. The smallest absolute Gasteiger partial charge is 0.274 e. The molecule has 0 unspecified atom stereocenters. The fourth-order valence-electron chi connectivity index (χ4n) is 4.03. The van der Waals surface area contributed by atoms with Gasteiger partial charge in [-0.05, 0) is 62.7 Å². The van der Waals surface area contributed by atoms with E-state index in [9.17, 15) is 4.79 Å². The van der Waals surface area contributed by atoms with Gasteiger partial charge in [0.1, 0.15) is 0 Å². The summed E-state index contributed by atoms with van der Waals surface area (Å²) >= 11 is 0. The molecule has 0 aromatic carbocycles. The molecule has 8 heteroatoms. The lowest BCUT2D eigenvalue weighted by Gasteiger charge is -2.37. The largest absolute Gasteiger partial charge is 0.337 e. The van der Waals surface area contributed by atoms with E-state index in [1.54, 1.807) is 16.9 Å². The zero-order valence-corrected chi connectivity index (χ0v) is 15.8. The maximum atomic E-state index is 12.8. The predicted octanol–water partition coefficient (Wildman–Crippen LogP) is 2.42. The second-order valence-electron chi connectivity index (χ2n) is 6.65. The molecule has 0 aliphatic carbocycles. The van der Waals surface area contributed by atoms with E-state index in [0.29, 0.717) is 5.69 Å². The molecule has 138 valence electrons. The minimum atomic E-state index is 0. The van der Waals surface area contributed by atoms with Gasteiger partial charge >= 0.3 is 0 Å². The van der Waals surface area contributed by atoms with Crippen LogP contribution in [0.25, 0.3) is 5.65 Å². The van der Waals surface area contributed by atoms with Crippen LogP contribution in [0.3, 0.4) is 0 Å². The van der Waals surface area contributed by atoms with Crippen LogP contribution >= 0.6 is 24.8 Å². The van der Waals surface area contributed by atoms with Gasteiger partial charge in [0.25, 0.3) is 5.91 Å². The monoisotopic (exact) mass is 385 g/mol. The molecule has 0 atom stereocenters. The standard InChI is InChI=1S/C17H23N5O.2ClH/c23-17(15-12-19-16-2-1-7-20-22(15)16)21-10-5-14(6-11-21)13-3-8-18-9-4-13;;/h1-2,7,12-14,18H,3-6,8-11H2;2*1H. The van der Waals surface area contributed by atoms with Crippen molar-refractivity contribution < 1.29 is 4.79 Å². The Morgan fingerprint density at radius 1 is 1.08 bits per heavy atom. The minimum absolute atomic E-state index is 0. The highest BCUT2D eigenvalue weighted by Crippen LogP contribution is 2.31. The molecule has 2 aliphatic rings. The zero-order chi connectivity index (χ0) is 15.6. The summed E-state index contributed by atoms with van der Waals surface area (Å²) in [6.07, 6.45) is 8.16. The summed E-state index contributed by atoms with van der Waals surface area (Å²) in [5.41, 5.74) is 1.29. The van der Waals surface area contributed by atoms with Crippen LogP contribution in [0.1, 0.15) is 36.2 Å². The number of carbonyl (C=O) groups is 1. The first-order valence-corrected chi connectivity index (χ1v) is 8.61. The van der Waals surface area contributed by atoms with Crippen LogP contribution in [0, 0.1) is 11.8 Å². The Morgan fingerprint density at radius 3 is 2.48 bits per heavy atom. The molecule has 4 heterocycles. The highest BCUT2D eigenvalue weighted by molar-refractivity contribution is 5.93. The number of amides is 1. The third kappa shape index (κ3) is 4.07. The number of imidazole rings is 1. The van der Waals surface area contributed by atoms with Gasteiger partial charge in [-0.1, -0.05) is 0 Å². The lowest BCUT2D eigenvalue weighted by molar-refractivity contribution is 0.0634. The summed E-state index contributed by atoms with van der Waals surface area (Å²) in [7, 11) is 0. The predicted molar refractivity (Wildman–Crippen MR) is 102 cm³/mol. The number of aromatic nitrogens is 3. The fraction of sp³-hybridized carbons (Fsp3) is 0.588. The molecular formula is C17H25Cl2N5O. The molecule has 0 bridgehead atoms. The van der Waals surface area contributed by atoms with Crippen LogP contribution < -0.4 is 5.32 Å². The van der Waals surface area contributed by atoms with E-state index in [1.807, 2.05) is 17.0 Å². The molecule has 0 spiro atoms. The van der Waals surface area contributed by atoms with E-state index in [1.165, 1.54) is 12.8 Å². The van der Waals surface area contributed by atoms with Gasteiger partial charge in [0.15, 0.2) is 11.3 Å². The normalized spacial score (nSPS) is 19.3. The second kappa shape index (κ2) is 8.83. The average Bonchev–Trinajstić information content (AvgIpc) is 3.06. The third-order valence-electron chi connectivity index (χ3n) is 5.37. The molecule has 0 radical (unpaired) electrons. The van der Waals surface area contributed by atoms with Crippen molar-refractivity contribution in [1.82, 2.24) is 24.8 Å². The molecule has 1 N–H and O–H groups in total. The number of hydrogen-bond acceptors (Lipinski definition) is 4. The molecule has 2 aliphatic heterocycles. The van der Waals surface area contributed by atoms with Gasteiger partial charge in [0, 0.05) is 19.3 Å². The highest BCUT2D eigenvalue weighted by Gasteiger charge is 2.30. The number of halogens is 2. The Balaban J connectivity index is 0.00000113. The van der Waals surface area contributed by atoms with E-state index in [4.69, 9.17) is 0 Å². The van der Waals surface area contributed by atoms with Crippen molar-refractivity contribution in [2.24, 2.45) is 11.8 Å². The van der Waals surface area contributed by atoms with E-state index in [-0.39, 0.29) is 30.7 Å². The average molecular weight is 386 g/mol. The lowest BCUT2D eigenvalue weighted by atomic mass is 9.79. The molecule has 2 aromatic rings. The fourth-order valence-corrected chi connectivity index (χ4v) is 4.03. The van der Waals surface area contributed by atoms with Gasteiger partial charge in [-0.25, -0.2) is 9.50 Å². The maximum absolute atomic E-state index is 12.8. The Morgan fingerprint density at radius 2 is 1.76 bits per heavy atom. The summed E-state index contributed by atoms with van der Waals surface area (Å²) in [5, 5.41) is 7.68. The zero-order valence-electron chi connectivity index (χ0n) is 14.1. The summed E-state index contributed by atoms with van der Waals surface area (Å²) in [4.78, 5) is 19.0. The SMILES string of the molecule is Cl.Cl.O=C(c1cnc2cccnn12)N1CCC(C2CCNCC2)CC1. The maximum Gasteiger partial charge on any atom is 0.274 e. The Labute approximate surface area is 160 Å².